The van der Waals surface area contributed by atoms with Crippen molar-refractivity contribution in [3.8, 4) is 0 Å². The third-order valence-corrected chi connectivity index (χ3v) is 5.55. The van der Waals surface area contributed by atoms with Crippen molar-refractivity contribution < 1.29 is 8.42 Å². The predicted octanol–water partition coefficient (Wildman–Crippen LogP) is 0.736. The standard InChI is InChI=1S/C14H19N5O2S/c1-17-10-14(9-16-17)13-3-2-5-19(11-13)22(20,21)8-7-18-6-4-15-12-18/h3-4,6,9-10,12H,2,5,7-8,11H2,1H3. The molecule has 1 aliphatic rings. The van der Waals surface area contributed by atoms with E-state index >= 15 is 0 Å². The molecule has 0 aliphatic carbocycles. The summed E-state index contributed by atoms with van der Waals surface area (Å²) >= 11 is 0. The molecular formula is C14H19N5O2S. The van der Waals surface area contributed by atoms with Gasteiger partial charge in [0.15, 0.2) is 0 Å². The van der Waals surface area contributed by atoms with Crippen molar-refractivity contribution in [2.45, 2.75) is 13.0 Å². The van der Waals surface area contributed by atoms with Gasteiger partial charge in [-0.25, -0.2) is 13.4 Å². The van der Waals surface area contributed by atoms with Gasteiger partial charge in [-0.05, 0) is 12.0 Å². The van der Waals surface area contributed by atoms with Gasteiger partial charge in [-0.15, -0.1) is 0 Å². The second-order valence-corrected chi connectivity index (χ2v) is 7.46. The maximum atomic E-state index is 12.5. The number of rotatable bonds is 5. The number of aryl methyl sites for hydroxylation is 2. The molecule has 0 fully saturated rings. The summed E-state index contributed by atoms with van der Waals surface area (Å²) in [5, 5.41) is 4.15. The Morgan fingerprint density at radius 1 is 1.36 bits per heavy atom. The summed E-state index contributed by atoms with van der Waals surface area (Å²) in [6, 6.07) is 0. The molecule has 8 heteroatoms. The van der Waals surface area contributed by atoms with Crippen LogP contribution in [0.1, 0.15) is 12.0 Å². The van der Waals surface area contributed by atoms with E-state index in [1.54, 1.807) is 38.5 Å². The highest BCUT2D eigenvalue weighted by Crippen LogP contribution is 2.22. The van der Waals surface area contributed by atoms with Crippen LogP contribution in [0.15, 0.2) is 37.2 Å². The highest BCUT2D eigenvalue weighted by molar-refractivity contribution is 7.89. The van der Waals surface area contributed by atoms with Gasteiger partial charge in [0.05, 0.1) is 18.3 Å². The first-order valence-corrected chi connectivity index (χ1v) is 8.77. The Morgan fingerprint density at radius 2 is 2.23 bits per heavy atom. The molecule has 7 nitrogen and oxygen atoms in total. The molecule has 0 bridgehead atoms. The molecule has 2 aromatic rings. The normalized spacial score (nSPS) is 16.7. The molecular weight excluding hydrogens is 302 g/mol. The fraction of sp³-hybridized carbons (Fsp3) is 0.429. The van der Waals surface area contributed by atoms with Gasteiger partial charge in [-0.3, -0.25) is 4.68 Å². The monoisotopic (exact) mass is 321 g/mol. The van der Waals surface area contributed by atoms with Crippen molar-refractivity contribution in [2.75, 3.05) is 18.8 Å². The summed E-state index contributed by atoms with van der Waals surface area (Å²) in [6.45, 7) is 1.37. The van der Waals surface area contributed by atoms with Crippen LogP contribution in [0.5, 0.6) is 0 Å². The zero-order chi connectivity index (χ0) is 15.6. The summed E-state index contributed by atoms with van der Waals surface area (Å²) in [6.07, 6.45) is 11.6. The largest absolute Gasteiger partial charge is 0.336 e. The molecule has 0 N–H and O–H groups in total. The third kappa shape index (κ3) is 3.28. The van der Waals surface area contributed by atoms with E-state index in [1.165, 1.54) is 0 Å². The van der Waals surface area contributed by atoms with Crippen molar-refractivity contribution in [1.82, 2.24) is 23.6 Å². The van der Waals surface area contributed by atoms with Crippen LogP contribution in [-0.2, 0) is 23.6 Å². The minimum atomic E-state index is -3.28. The first-order valence-electron chi connectivity index (χ1n) is 7.16. The van der Waals surface area contributed by atoms with E-state index in [0.717, 1.165) is 17.6 Å². The van der Waals surface area contributed by atoms with Crippen LogP contribution in [0.2, 0.25) is 0 Å². The Kier molecular flexibility index (Phi) is 4.12. The lowest BCUT2D eigenvalue weighted by Crippen LogP contribution is -2.37. The highest BCUT2D eigenvalue weighted by Gasteiger charge is 2.25. The van der Waals surface area contributed by atoms with E-state index in [9.17, 15) is 8.42 Å². The number of nitrogens with zero attached hydrogens (tertiary/aromatic N) is 5. The van der Waals surface area contributed by atoms with Gasteiger partial charge in [-0.1, -0.05) is 6.08 Å². The lowest BCUT2D eigenvalue weighted by atomic mass is 10.1. The van der Waals surface area contributed by atoms with Crippen LogP contribution in [0.25, 0.3) is 5.57 Å². The van der Waals surface area contributed by atoms with Crippen molar-refractivity contribution in [3.63, 3.8) is 0 Å². The molecule has 3 heterocycles. The van der Waals surface area contributed by atoms with E-state index in [-0.39, 0.29) is 5.75 Å². The Bertz CT molecular complexity index is 761. The third-order valence-electron chi connectivity index (χ3n) is 3.75. The summed E-state index contributed by atoms with van der Waals surface area (Å²) in [5.41, 5.74) is 2.00. The maximum Gasteiger partial charge on any atom is 0.216 e. The minimum Gasteiger partial charge on any atom is -0.336 e. The molecule has 0 saturated carbocycles. The number of aromatic nitrogens is 4. The smallest absolute Gasteiger partial charge is 0.216 e. The molecule has 3 rings (SSSR count). The van der Waals surface area contributed by atoms with Crippen LogP contribution < -0.4 is 0 Å². The Balaban J connectivity index is 1.68. The topological polar surface area (TPSA) is 73.0 Å². The fourth-order valence-electron chi connectivity index (χ4n) is 2.52. The van der Waals surface area contributed by atoms with E-state index in [4.69, 9.17) is 0 Å². The molecule has 0 aromatic carbocycles. The van der Waals surface area contributed by atoms with Crippen LogP contribution in [0.3, 0.4) is 0 Å². The molecule has 22 heavy (non-hydrogen) atoms. The Morgan fingerprint density at radius 3 is 2.91 bits per heavy atom. The summed E-state index contributed by atoms with van der Waals surface area (Å²) < 4.78 is 30.1. The number of hydrogen-bond acceptors (Lipinski definition) is 4. The lowest BCUT2D eigenvalue weighted by Gasteiger charge is -2.26. The van der Waals surface area contributed by atoms with Crippen LogP contribution in [-0.4, -0.2) is 50.9 Å². The van der Waals surface area contributed by atoms with Crippen LogP contribution >= 0.6 is 0 Å². The number of hydrogen-bond donors (Lipinski definition) is 0. The van der Waals surface area contributed by atoms with Crippen LogP contribution in [0.4, 0.5) is 0 Å². The molecule has 0 atom stereocenters. The van der Waals surface area contributed by atoms with Crippen molar-refractivity contribution in [1.29, 1.82) is 0 Å². The molecule has 118 valence electrons. The quantitative estimate of drug-likeness (QED) is 0.814. The van der Waals surface area contributed by atoms with E-state index < -0.39 is 10.0 Å². The fourth-order valence-corrected chi connectivity index (χ4v) is 3.94. The van der Waals surface area contributed by atoms with Crippen molar-refractivity contribution in [2.24, 2.45) is 7.05 Å². The molecule has 0 saturated heterocycles. The van der Waals surface area contributed by atoms with E-state index in [0.29, 0.717) is 19.6 Å². The summed E-state index contributed by atoms with van der Waals surface area (Å²) in [5.74, 6) is 0.0870. The van der Waals surface area contributed by atoms with E-state index in [1.807, 2.05) is 13.2 Å². The highest BCUT2D eigenvalue weighted by atomic mass is 32.2. The molecule has 0 amide bonds. The van der Waals surface area contributed by atoms with Crippen molar-refractivity contribution in [3.05, 3.63) is 42.8 Å². The maximum absolute atomic E-state index is 12.5. The molecule has 0 spiro atoms. The molecule has 0 radical (unpaired) electrons. The molecule has 2 aromatic heterocycles. The average Bonchev–Trinajstić information content (AvgIpc) is 3.17. The lowest BCUT2D eigenvalue weighted by molar-refractivity contribution is 0.440. The van der Waals surface area contributed by atoms with Gasteiger partial charge in [0.25, 0.3) is 0 Å². The van der Waals surface area contributed by atoms with Gasteiger partial charge in [-0.2, -0.15) is 9.40 Å². The number of imidazole rings is 1. The zero-order valence-corrected chi connectivity index (χ0v) is 13.3. The van der Waals surface area contributed by atoms with Gasteiger partial charge in [0, 0.05) is 50.8 Å². The van der Waals surface area contributed by atoms with Crippen LogP contribution in [0, 0.1) is 0 Å². The first-order chi connectivity index (χ1) is 10.5. The van der Waals surface area contributed by atoms with Gasteiger partial charge in [0.2, 0.25) is 10.0 Å². The minimum absolute atomic E-state index is 0.0870. The Hall–Kier alpha value is -1.93. The predicted molar refractivity (Wildman–Crippen MR) is 83.4 cm³/mol. The molecule has 1 aliphatic heterocycles. The van der Waals surface area contributed by atoms with Gasteiger partial charge < -0.3 is 4.57 Å². The zero-order valence-electron chi connectivity index (χ0n) is 12.5. The average molecular weight is 321 g/mol. The van der Waals surface area contributed by atoms with Gasteiger partial charge >= 0.3 is 0 Å². The van der Waals surface area contributed by atoms with Gasteiger partial charge in [0.1, 0.15) is 0 Å². The molecule has 0 unspecified atom stereocenters. The number of sulfonamides is 1. The SMILES string of the molecule is Cn1cc(C2=CCCN(S(=O)(=O)CCn3ccnc3)C2)cn1. The first kappa shape index (κ1) is 15.0. The summed E-state index contributed by atoms with van der Waals surface area (Å²) in [7, 11) is -1.42. The van der Waals surface area contributed by atoms with E-state index in [2.05, 4.69) is 16.2 Å². The van der Waals surface area contributed by atoms with Crippen molar-refractivity contribution >= 4 is 15.6 Å². The Labute approximate surface area is 129 Å². The second kappa shape index (κ2) is 6.05. The second-order valence-electron chi connectivity index (χ2n) is 5.37. The summed E-state index contributed by atoms with van der Waals surface area (Å²) in [4.78, 5) is 3.93.